The number of carbonyl (C=O) groups is 1. The maximum Gasteiger partial charge on any atom is 0.490 e. The van der Waals surface area contributed by atoms with E-state index in [-0.39, 0.29) is 6.29 Å². The third-order valence-electron chi connectivity index (χ3n) is 3.43. The summed E-state index contributed by atoms with van der Waals surface area (Å²) in [6, 6.07) is 0. The van der Waals surface area contributed by atoms with Gasteiger partial charge in [0.2, 0.25) is 5.85 Å². The molecule has 1 aromatic heterocycles. The first-order chi connectivity index (χ1) is 14.0. The molecule has 1 fully saturated rings. The van der Waals surface area contributed by atoms with Crippen LogP contribution in [0.3, 0.4) is 0 Å². The number of aromatic amines is 1. The van der Waals surface area contributed by atoms with Crippen molar-refractivity contribution < 1.29 is 65.4 Å². The first-order valence-corrected chi connectivity index (χ1v) is 12.1. The standard InChI is InChI=1S/C10H14FN2O15P3/c11-10(4-25-30(21,22)28-31(23,24)27-29(18,19)20)1-6(15)8(26-10)13-2-5(3-14)7(16)12-9(13)17/h2-3,6,8,15H,1,4H2,(H,21,22)(H,23,24)(H,12,16,17)(H2,18,19,20)/t6-,8-,10+/m1/s1. The van der Waals surface area contributed by atoms with E-state index < -0.39 is 71.5 Å². The topological polar surface area (TPSA) is 261 Å². The highest BCUT2D eigenvalue weighted by atomic mass is 31.3. The number of aromatic nitrogens is 2. The molecule has 176 valence electrons. The fraction of sp³-hybridized carbons (Fsp3) is 0.500. The molecule has 0 aromatic carbocycles. The van der Waals surface area contributed by atoms with Gasteiger partial charge in [-0.15, -0.1) is 0 Å². The Morgan fingerprint density at radius 2 is 1.84 bits per heavy atom. The van der Waals surface area contributed by atoms with Crippen molar-refractivity contribution in [2.24, 2.45) is 0 Å². The molecule has 21 heteroatoms. The average molecular weight is 514 g/mol. The van der Waals surface area contributed by atoms with Crippen LogP contribution in [-0.2, 0) is 31.6 Å². The molecule has 2 heterocycles. The minimum atomic E-state index is -5.84. The molecule has 1 saturated heterocycles. The van der Waals surface area contributed by atoms with Gasteiger partial charge in [-0.2, -0.15) is 8.62 Å². The van der Waals surface area contributed by atoms with Crippen LogP contribution in [0.1, 0.15) is 23.0 Å². The van der Waals surface area contributed by atoms with Crippen molar-refractivity contribution in [2.75, 3.05) is 6.61 Å². The lowest BCUT2D eigenvalue weighted by atomic mass is 10.2. The van der Waals surface area contributed by atoms with Crippen LogP contribution in [0.25, 0.3) is 0 Å². The Balaban J connectivity index is 2.14. The third kappa shape index (κ3) is 7.05. The number of hydrogen-bond donors (Lipinski definition) is 6. The van der Waals surface area contributed by atoms with Crippen molar-refractivity contribution in [2.45, 2.75) is 24.6 Å². The van der Waals surface area contributed by atoms with Crippen molar-refractivity contribution in [1.82, 2.24) is 9.55 Å². The maximum absolute atomic E-state index is 14.8. The van der Waals surface area contributed by atoms with Gasteiger partial charge in [-0.1, -0.05) is 0 Å². The molecule has 0 amide bonds. The molecule has 31 heavy (non-hydrogen) atoms. The van der Waals surface area contributed by atoms with Gasteiger partial charge in [0.1, 0.15) is 12.7 Å². The van der Waals surface area contributed by atoms with Crippen molar-refractivity contribution in [3.63, 3.8) is 0 Å². The Kier molecular flexibility index (Phi) is 7.39. The second-order valence-corrected chi connectivity index (χ2v) is 10.3. The zero-order chi connectivity index (χ0) is 23.8. The van der Waals surface area contributed by atoms with Crippen LogP contribution >= 0.6 is 23.5 Å². The zero-order valence-electron chi connectivity index (χ0n) is 14.7. The summed E-state index contributed by atoms with van der Waals surface area (Å²) < 4.78 is 64.4. The minimum Gasteiger partial charge on any atom is -0.388 e. The van der Waals surface area contributed by atoms with Crippen LogP contribution in [0.15, 0.2) is 15.8 Å². The summed E-state index contributed by atoms with van der Waals surface area (Å²) in [5, 5.41) is 9.96. The molecule has 17 nitrogen and oxygen atoms in total. The number of rotatable bonds is 9. The number of nitrogens with one attached hydrogen (secondary N) is 1. The van der Waals surface area contributed by atoms with Crippen LogP contribution < -0.4 is 11.2 Å². The normalized spacial score (nSPS) is 28.1. The summed E-state index contributed by atoms with van der Waals surface area (Å²) in [6.07, 6.45) is -3.91. The minimum absolute atomic E-state index is 0.0637. The van der Waals surface area contributed by atoms with E-state index in [9.17, 15) is 42.5 Å². The number of aliphatic hydroxyl groups excluding tert-OH is 1. The molecule has 0 aliphatic carbocycles. The predicted octanol–water partition coefficient (Wildman–Crippen LogP) is -1.36. The van der Waals surface area contributed by atoms with E-state index in [1.807, 2.05) is 0 Å². The third-order valence-corrected chi connectivity index (χ3v) is 7.21. The van der Waals surface area contributed by atoms with E-state index in [0.29, 0.717) is 10.8 Å². The fourth-order valence-electron chi connectivity index (χ4n) is 2.35. The molecule has 0 saturated carbocycles. The molecule has 2 unspecified atom stereocenters. The van der Waals surface area contributed by atoms with Crippen LogP contribution in [-0.4, -0.2) is 59.1 Å². The van der Waals surface area contributed by atoms with Gasteiger partial charge >= 0.3 is 29.2 Å². The molecule has 1 aromatic rings. The lowest BCUT2D eigenvalue weighted by molar-refractivity contribution is -0.178. The molecule has 1 aliphatic rings. The van der Waals surface area contributed by atoms with Crippen molar-refractivity contribution in [3.05, 3.63) is 32.6 Å². The number of ether oxygens (including phenoxy) is 1. The van der Waals surface area contributed by atoms with Crippen LogP contribution in [0.5, 0.6) is 0 Å². The average Bonchev–Trinajstić information content (AvgIpc) is 2.85. The SMILES string of the molecule is O=Cc1cn([C@@H]2O[C@](F)(COP(=O)(O)OP(=O)(O)OP(=O)(O)O)C[C@H]2O)c(=O)[nH]c1=O. The molecular weight excluding hydrogens is 500 g/mol. The number of alkyl halides is 1. The van der Waals surface area contributed by atoms with Gasteiger partial charge in [-0.3, -0.25) is 23.7 Å². The summed E-state index contributed by atoms with van der Waals surface area (Å²) in [5.41, 5.74) is -2.83. The number of phosphoric ester groups is 1. The van der Waals surface area contributed by atoms with Gasteiger partial charge in [0.05, 0.1) is 5.56 Å². The number of carbonyl (C=O) groups excluding carboxylic acids is 1. The van der Waals surface area contributed by atoms with E-state index in [0.717, 1.165) is 0 Å². The smallest absolute Gasteiger partial charge is 0.388 e. The van der Waals surface area contributed by atoms with Gasteiger partial charge in [0, 0.05) is 12.6 Å². The predicted molar refractivity (Wildman–Crippen MR) is 91.1 cm³/mol. The Morgan fingerprint density at radius 1 is 1.23 bits per heavy atom. The second kappa shape index (κ2) is 8.86. The summed E-state index contributed by atoms with van der Waals surface area (Å²) in [4.78, 5) is 71.0. The van der Waals surface area contributed by atoms with E-state index in [2.05, 4.69) is 13.1 Å². The summed E-state index contributed by atoms with van der Waals surface area (Å²) in [7, 11) is -17.2. The Morgan fingerprint density at radius 3 is 2.39 bits per heavy atom. The lowest BCUT2D eigenvalue weighted by Gasteiger charge is -2.22. The molecular formula is C10H14FN2O15P3. The van der Waals surface area contributed by atoms with Crippen molar-refractivity contribution in [3.8, 4) is 0 Å². The number of halogens is 1. The number of aldehydes is 1. The van der Waals surface area contributed by atoms with E-state index in [4.69, 9.17) is 19.4 Å². The summed E-state index contributed by atoms with van der Waals surface area (Å²) >= 11 is 0. The van der Waals surface area contributed by atoms with Gasteiger partial charge in [-0.25, -0.2) is 22.9 Å². The number of hydrogen-bond acceptors (Lipinski definition) is 11. The second-order valence-electron chi connectivity index (χ2n) is 5.90. The summed E-state index contributed by atoms with van der Waals surface area (Å²) in [6.45, 7) is -1.55. The van der Waals surface area contributed by atoms with Crippen LogP contribution in [0, 0.1) is 0 Å². The van der Waals surface area contributed by atoms with Gasteiger partial charge in [0.25, 0.3) is 5.56 Å². The highest BCUT2D eigenvalue weighted by Crippen LogP contribution is 2.66. The van der Waals surface area contributed by atoms with Gasteiger partial charge in [-0.05, 0) is 0 Å². The Hall–Kier alpha value is -1.39. The van der Waals surface area contributed by atoms with Crippen molar-refractivity contribution in [1.29, 1.82) is 0 Å². The van der Waals surface area contributed by atoms with Gasteiger partial charge in [0.15, 0.2) is 12.5 Å². The van der Waals surface area contributed by atoms with E-state index >= 15 is 0 Å². The highest BCUT2D eigenvalue weighted by Gasteiger charge is 2.50. The molecule has 5 atom stereocenters. The quantitative estimate of drug-likeness (QED) is 0.164. The first kappa shape index (κ1) is 25.9. The molecule has 0 radical (unpaired) electrons. The van der Waals surface area contributed by atoms with Gasteiger partial charge < -0.3 is 29.4 Å². The maximum atomic E-state index is 14.8. The van der Waals surface area contributed by atoms with Crippen LogP contribution in [0.4, 0.5) is 4.39 Å². The lowest BCUT2D eigenvalue weighted by Crippen LogP contribution is -2.37. The number of phosphoric acid groups is 3. The largest absolute Gasteiger partial charge is 0.490 e. The number of H-pyrrole nitrogens is 1. The van der Waals surface area contributed by atoms with Crippen LogP contribution in [0.2, 0.25) is 0 Å². The zero-order valence-corrected chi connectivity index (χ0v) is 17.4. The summed E-state index contributed by atoms with van der Waals surface area (Å²) in [5.74, 6) is -3.10. The fourth-order valence-corrected chi connectivity index (χ4v) is 5.40. The molecule has 2 rings (SSSR count). The number of aliphatic hydroxyl groups is 1. The Bertz CT molecular complexity index is 1110. The molecule has 6 N–H and O–H groups in total. The molecule has 0 bridgehead atoms. The Labute approximate surface area is 169 Å². The van der Waals surface area contributed by atoms with E-state index in [1.54, 1.807) is 4.98 Å². The first-order valence-electron chi connectivity index (χ1n) is 7.60. The molecule has 1 aliphatic heterocycles. The highest BCUT2D eigenvalue weighted by molar-refractivity contribution is 7.66. The van der Waals surface area contributed by atoms with Crippen molar-refractivity contribution >= 4 is 29.8 Å². The number of nitrogens with zero attached hydrogens (tertiary/aromatic N) is 1. The molecule has 0 spiro atoms. The monoisotopic (exact) mass is 514 g/mol. The van der Waals surface area contributed by atoms with E-state index in [1.165, 1.54) is 0 Å².